The first-order valence-electron chi connectivity index (χ1n) is 4.28. The Morgan fingerprint density at radius 2 is 2.27 bits per heavy atom. The monoisotopic (exact) mass is 249 g/mol. The average molecular weight is 250 g/mol. The summed E-state index contributed by atoms with van der Waals surface area (Å²) in [6, 6.07) is 6.65. The summed E-state index contributed by atoms with van der Waals surface area (Å²) >= 11 is 5.78. The van der Waals surface area contributed by atoms with E-state index in [1.807, 2.05) is 12.1 Å². The molecule has 0 fully saturated rings. The van der Waals surface area contributed by atoms with E-state index < -0.39 is 12.0 Å². The molecule has 3 nitrogen and oxygen atoms in total. The van der Waals surface area contributed by atoms with E-state index in [2.05, 4.69) is 5.32 Å². The first kappa shape index (κ1) is 14.2. The Labute approximate surface area is 99.9 Å². The van der Waals surface area contributed by atoms with Gasteiger partial charge in [0.05, 0.1) is 0 Å². The topological polar surface area (TPSA) is 49.3 Å². The summed E-state index contributed by atoms with van der Waals surface area (Å²) in [4.78, 5) is 10.7. The Bertz CT molecular complexity index is 331. The number of carboxylic acids is 1. The predicted molar refractivity (Wildman–Crippen MR) is 62.9 cm³/mol. The van der Waals surface area contributed by atoms with Gasteiger partial charge in [0.25, 0.3) is 0 Å². The van der Waals surface area contributed by atoms with Crippen molar-refractivity contribution in [3.63, 3.8) is 0 Å². The van der Waals surface area contributed by atoms with Crippen LogP contribution < -0.4 is 5.32 Å². The van der Waals surface area contributed by atoms with Crippen LogP contribution in [0, 0.1) is 0 Å². The Morgan fingerprint density at radius 3 is 2.73 bits per heavy atom. The lowest BCUT2D eigenvalue weighted by Gasteiger charge is -2.10. The second kappa shape index (κ2) is 6.67. The van der Waals surface area contributed by atoms with Gasteiger partial charge in [-0.05, 0) is 31.2 Å². The highest BCUT2D eigenvalue weighted by molar-refractivity contribution is 6.30. The fourth-order valence-electron chi connectivity index (χ4n) is 1.21. The lowest BCUT2D eigenvalue weighted by molar-refractivity contribution is -0.139. The molecule has 0 aromatic heterocycles. The molecule has 15 heavy (non-hydrogen) atoms. The summed E-state index contributed by atoms with van der Waals surface area (Å²) in [5, 5.41) is 12.2. The van der Waals surface area contributed by atoms with E-state index in [0.717, 1.165) is 5.56 Å². The van der Waals surface area contributed by atoms with E-state index in [9.17, 15) is 4.79 Å². The van der Waals surface area contributed by atoms with E-state index in [-0.39, 0.29) is 12.4 Å². The van der Waals surface area contributed by atoms with Crippen molar-refractivity contribution >= 4 is 30.0 Å². The maximum absolute atomic E-state index is 10.7. The van der Waals surface area contributed by atoms with Crippen LogP contribution in [-0.2, 0) is 11.2 Å². The molecule has 0 saturated carbocycles. The minimum atomic E-state index is -0.854. The Kier molecular flexibility index (Phi) is 6.32. The van der Waals surface area contributed by atoms with Crippen LogP contribution in [0.15, 0.2) is 24.3 Å². The fraction of sp³-hybridized carbons (Fsp3) is 0.300. The maximum atomic E-state index is 10.7. The largest absolute Gasteiger partial charge is 0.480 e. The third-order valence-electron chi connectivity index (χ3n) is 1.98. The highest BCUT2D eigenvalue weighted by atomic mass is 35.5. The van der Waals surface area contributed by atoms with Crippen molar-refractivity contribution in [3.8, 4) is 0 Å². The Hall–Kier alpha value is -0.770. The van der Waals surface area contributed by atoms with Gasteiger partial charge in [-0.25, -0.2) is 0 Å². The van der Waals surface area contributed by atoms with Crippen LogP contribution in [0.5, 0.6) is 0 Å². The van der Waals surface area contributed by atoms with Crippen LogP contribution in [0.1, 0.15) is 5.56 Å². The summed E-state index contributed by atoms with van der Waals surface area (Å²) in [5.41, 5.74) is 0.916. The molecule has 0 heterocycles. The number of nitrogens with one attached hydrogen (secondary N) is 1. The minimum absolute atomic E-state index is 0. The van der Waals surface area contributed by atoms with Crippen LogP contribution in [0.2, 0.25) is 5.02 Å². The van der Waals surface area contributed by atoms with Crippen LogP contribution >= 0.6 is 24.0 Å². The van der Waals surface area contributed by atoms with E-state index in [1.54, 1.807) is 19.2 Å². The molecular formula is C10H13Cl2NO2. The third kappa shape index (κ3) is 4.51. The minimum Gasteiger partial charge on any atom is -0.480 e. The number of benzene rings is 1. The van der Waals surface area contributed by atoms with Crippen LogP contribution in [-0.4, -0.2) is 24.2 Å². The van der Waals surface area contributed by atoms with Crippen LogP contribution in [0.3, 0.4) is 0 Å². The molecule has 1 aromatic rings. The number of hydrogen-bond donors (Lipinski definition) is 2. The molecule has 0 saturated heterocycles. The normalized spacial score (nSPS) is 11.6. The molecule has 1 unspecified atom stereocenters. The van der Waals surface area contributed by atoms with Gasteiger partial charge in [0.1, 0.15) is 6.04 Å². The quantitative estimate of drug-likeness (QED) is 0.858. The van der Waals surface area contributed by atoms with Crippen molar-refractivity contribution in [1.29, 1.82) is 0 Å². The first-order valence-corrected chi connectivity index (χ1v) is 4.66. The Balaban J connectivity index is 0.00000196. The molecule has 84 valence electrons. The van der Waals surface area contributed by atoms with Gasteiger partial charge in [-0.3, -0.25) is 4.79 Å². The molecule has 0 aliphatic rings. The van der Waals surface area contributed by atoms with Gasteiger partial charge < -0.3 is 10.4 Å². The smallest absolute Gasteiger partial charge is 0.321 e. The SMILES string of the molecule is CNC(Cc1cccc(Cl)c1)C(=O)O.Cl. The van der Waals surface area contributed by atoms with Crippen LogP contribution in [0.25, 0.3) is 0 Å². The molecule has 0 spiro atoms. The summed E-state index contributed by atoms with van der Waals surface area (Å²) in [7, 11) is 1.63. The lowest BCUT2D eigenvalue weighted by Crippen LogP contribution is -2.35. The molecule has 5 heteroatoms. The van der Waals surface area contributed by atoms with Gasteiger partial charge in [0.2, 0.25) is 0 Å². The number of carbonyl (C=O) groups is 1. The number of carboxylic acid groups (broad SMARTS) is 1. The standard InChI is InChI=1S/C10H12ClNO2.ClH/c1-12-9(10(13)14)6-7-3-2-4-8(11)5-7;/h2-5,9,12H,6H2,1H3,(H,13,14);1H. The molecule has 0 radical (unpaired) electrons. The third-order valence-corrected chi connectivity index (χ3v) is 2.21. The molecule has 1 atom stereocenters. The van der Waals surface area contributed by atoms with E-state index >= 15 is 0 Å². The molecule has 0 aliphatic carbocycles. The second-order valence-electron chi connectivity index (χ2n) is 3.01. The maximum Gasteiger partial charge on any atom is 0.321 e. The van der Waals surface area contributed by atoms with Gasteiger partial charge >= 0.3 is 5.97 Å². The number of halogens is 2. The van der Waals surface area contributed by atoms with Crippen molar-refractivity contribution in [3.05, 3.63) is 34.9 Å². The van der Waals surface area contributed by atoms with Crippen molar-refractivity contribution in [2.75, 3.05) is 7.05 Å². The lowest BCUT2D eigenvalue weighted by atomic mass is 10.1. The molecule has 1 aromatic carbocycles. The number of rotatable bonds is 4. The summed E-state index contributed by atoms with van der Waals surface area (Å²) in [5.74, 6) is -0.854. The number of hydrogen-bond acceptors (Lipinski definition) is 2. The van der Waals surface area contributed by atoms with E-state index in [1.165, 1.54) is 0 Å². The van der Waals surface area contributed by atoms with E-state index in [0.29, 0.717) is 11.4 Å². The second-order valence-corrected chi connectivity index (χ2v) is 3.45. The highest BCUT2D eigenvalue weighted by Crippen LogP contribution is 2.12. The zero-order chi connectivity index (χ0) is 10.6. The predicted octanol–water partition coefficient (Wildman–Crippen LogP) is 1.98. The van der Waals surface area contributed by atoms with Crippen molar-refractivity contribution < 1.29 is 9.90 Å². The Morgan fingerprint density at radius 1 is 1.60 bits per heavy atom. The van der Waals surface area contributed by atoms with Gasteiger partial charge in [0, 0.05) is 5.02 Å². The van der Waals surface area contributed by atoms with Gasteiger partial charge in [-0.2, -0.15) is 0 Å². The van der Waals surface area contributed by atoms with Crippen molar-refractivity contribution in [1.82, 2.24) is 5.32 Å². The van der Waals surface area contributed by atoms with Gasteiger partial charge in [0.15, 0.2) is 0 Å². The van der Waals surface area contributed by atoms with Gasteiger partial charge in [-0.1, -0.05) is 23.7 Å². The molecule has 0 bridgehead atoms. The highest BCUT2D eigenvalue weighted by Gasteiger charge is 2.14. The van der Waals surface area contributed by atoms with Gasteiger partial charge in [-0.15, -0.1) is 12.4 Å². The number of likely N-dealkylation sites (N-methyl/N-ethyl adjacent to an activating group) is 1. The number of aliphatic carboxylic acids is 1. The molecule has 2 N–H and O–H groups in total. The first-order chi connectivity index (χ1) is 6.63. The molecular weight excluding hydrogens is 237 g/mol. The summed E-state index contributed by atoms with van der Waals surface area (Å²) in [6.07, 6.45) is 0.437. The summed E-state index contributed by atoms with van der Waals surface area (Å²) in [6.45, 7) is 0. The average Bonchev–Trinajstić information content (AvgIpc) is 2.14. The molecule has 1 rings (SSSR count). The zero-order valence-corrected chi connectivity index (χ0v) is 9.81. The van der Waals surface area contributed by atoms with Crippen molar-refractivity contribution in [2.24, 2.45) is 0 Å². The molecule has 0 aliphatic heterocycles. The van der Waals surface area contributed by atoms with E-state index in [4.69, 9.17) is 16.7 Å². The van der Waals surface area contributed by atoms with Crippen LogP contribution in [0.4, 0.5) is 0 Å². The molecule has 0 amide bonds. The zero-order valence-electron chi connectivity index (χ0n) is 8.24. The summed E-state index contributed by atoms with van der Waals surface area (Å²) < 4.78 is 0. The van der Waals surface area contributed by atoms with Crippen molar-refractivity contribution in [2.45, 2.75) is 12.5 Å². The fourth-order valence-corrected chi connectivity index (χ4v) is 1.43.